The molecule has 1 aromatic heterocycles. The molecular weight excluding hydrogens is 260 g/mol. The number of benzene rings is 1. The summed E-state index contributed by atoms with van der Waals surface area (Å²) in [7, 11) is 0. The van der Waals surface area contributed by atoms with E-state index >= 15 is 0 Å². The van der Waals surface area contributed by atoms with Crippen LogP contribution in [0.25, 0.3) is 0 Å². The van der Waals surface area contributed by atoms with Crippen molar-refractivity contribution in [2.45, 2.75) is 13.8 Å². The molecule has 0 unspecified atom stereocenters. The van der Waals surface area contributed by atoms with Crippen LogP contribution in [0.5, 0.6) is 5.75 Å². The fourth-order valence-corrected chi connectivity index (χ4v) is 1.65. The second-order valence-electron chi connectivity index (χ2n) is 4.21. The Labute approximate surface area is 114 Å². The van der Waals surface area contributed by atoms with Gasteiger partial charge in [-0.15, -0.1) is 0 Å². The Morgan fingerprint density at radius 1 is 1.25 bits per heavy atom. The summed E-state index contributed by atoms with van der Waals surface area (Å²) in [5, 5.41) is 20.3. The fraction of sp³-hybridized carbons (Fsp3) is 0.154. The van der Waals surface area contributed by atoms with Gasteiger partial charge in [-0.3, -0.25) is 10.1 Å². The summed E-state index contributed by atoms with van der Waals surface area (Å²) in [5.74, 6) is 0.0626. The van der Waals surface area contributed by atoms with Crippen LogP contribution in [0.15, 0.2) is 29.3 Å². The molecule has 0 aliphatic carbocycles. The van der Waals surface area contributed by atoms with E-state index in [1.807, 2.05) is 19.9 Å². The molecule has 0 aliphatic rings. The zero-order valence-electron chi connectivity index (χ0n) is 10.9. The number of hydrogen-bond donors (Lipinski definition) is 1. The van der Waals surface area contributed by atoms with Crippen LogP contribution >= 0.6 is 0 Å². The minimum absolute atomic E-state index is 0.178. The minimum atomic E-state index is -0.576. The lowest BCUT2D eigenvalue weighted by Crippen LogP contribution is -1.91. The molecular formula is C13H12N4O3. The van der Waals surface area contributed by atoms with E-state index in [9.17, 15) is 15.2 Å². The van der Waals surface area contributed by atoms with Gasteiger partial charge in [-0.2, -0.15) is 0 Å². The van der Waals surface area contributed by atoms with Gasteiger partial charge in [-0.05, 0) is 26.0 Å². The van der Waals surface area contributed by atoms with Gasteiger partial charge in [0.15, 0.2) is 0 Å². The van der Waals surface area contributed by atoms with Gasteiger partial charge in [-0.25, -0.2) is 15.0 Å². The Bertz CT molecular complexity index is 678. The van der Waals surface area contributed by atoms with Gasteiger partial charge in [0.2, 0.25) is 5.95 Å². The first kappa shape index (κ1) is 13.6. The Morgan fingerprint density at radius 2 is 1.90 bits per heavy atom. The summed E-state index contributed by atoms with van der Waals surface area (Å²) < 4.78 is 0. The standard InChI is InChI=1S/C13H12N4O3/c1-8-5-9(2)16-13(15-8)14-7-10-3-4-11(17(19)20)6-12(10)18/h3-7,18H,1-2H3. The topological polar surface area (TPSA) is 102 Å². The maximum absolute atomic E-state index is 10.6. The van der Waals surface area contributed by atoms with Crippen molar-refractivity contribution in [1.82, 2.24) is 9.97 Å². The van der Waals surface area contributed by atoms with E-state index in [1.54, 1.807) is 0 Å². The number of rotatable bonds is 3. The Morgan fingerprint density at radius 3 is 2.45 bits per heavy atom. The average molecular weight is 272 g/mol. The number of hydrogen-bond acceptors (Lipinski definition) is 6. The van der Waals surface area contributed by atoms with E-state index in [0.717, 1.165) is 17.5 Å². The van der Waals surface area contributed by atoms with Crippen LogP contribution in [0.2, 0.25) is 0 Å². The monoisotopic (exact) mass is 272 g/mol. The molecule has 1 aromatic carbocycles. The number of phenolic OH excluding ortho intramolecular Hbond substituents is 1. The molecule has 1 N–H and O–H groups in total. The molecule has 0 saturated carbocycles. The van der Waals surface area contributed by atoms with E-state index in [4.69, 9.17) is 0 Å². The van der Waals surface area contributed by atoms with Crippen LogP contribution < -0.4 is 0 Å². The summed E-state index contributed by atoms with van der Waals surface area (Å²) in [6, 6.07) is 5.61. The number of nitrogens with zero attached hydrogens (tertiary/aromatic N) is 4. The number of phenols is 1. The molecule has 7 nitrogen and oxygen atoms in total. The Hall–Kier alpha value is -2.83. The van der Waals surface area contributed by atoms with Crippen LogP contribution in [0.4, 0.5) is 11.6 Å². The van der Waals surface area contributed by atoms with Crippen LogP contribution in [0, 0.1) is 24.0 Å². The number of aromatic nitrogens is 2. The lowest BCUT2D eigenvalue weighted by atomic mass is 10.2. The van der Waals surface area contributed by atoms with Crippen molar-refractivity contribution in [3.63, 3.8) is 0 Å². The smallest absolute Gasteiger partial charge is 0.273 e. The Balaban J connectivity index is 2.29. The molecule has 0 saturated heterocycles. The van der Waals surface area contributed by atoms with Gasteiger partial charge in [-0.1, -0.05) is 0 Å². The van der Waals surface area contributed by atoms with Gasteiger partial charge < -0.3 is 5.11 Å². The van der Waals surface area contributed by atoms with Gasteiger partial charge in [0.05, 0.1) is 11.0 Å². The predicted molar refractivity (Wildman–Crippen MR) is 73.5 cm³/mol. The lowest BCUT2D eigenvalue weighted by Gasteiger charge is -1.99. The minimum Gasteiger partial charge on any atom is -0.507 e. The highest BCUT2D eigenvalue weighted by atomic mass is 16.6. The first-order valence-corrected chi connectivity index (χ1v) is 5.79. The summed E-state index contributed by atoms with van der Waals surface area (Å²) in [4.78, 5) is 22.3. The molecule has 102 valence electrons. The molecule has 7 heteroatoms. The number of aliphatic imine (C=N–C) groups is 1. The number of aryl methyl sites for hydroxylation is 2. The molecule has 0 aliphatic heterocycles. The third-order valence-electron chi connectivity index (χ3n) is 2.51. The van der Waals surface area contributed by atoms with E-state index in [2.05, 4.69) is 15.0 Å². The second kappa shape index (κ2) is 5.43. The zero-order valence-corrected chi connectivity index (χ0v) is 10.9. The molecule has 0 bridgehead atoms. The van der Waals surface area contributed by atoms with Crippen molar-refractivity contribution in [1.29, 1.82) is 0 Å². The molecule has 0 spiro atoms. The molecule has 2 aromatic rings. The number of non-ortho nitro benzene ring substituents is 1. The normalized spacial score (nSPS) is 10.9. The van der Waals surface area contributed by atoms with Gasteiger partial charge >= 0.3 is 0 Å². The van der Waals surface area contributed by atoms with E-state index in [1.165, 1.54) is 18.3 Å². The van der Waals surface area contributed by atoms with Crippen LogP contribution in [-0.4, -0.2) is 26.2 Å². The molecule has 0 radical (unpaired) electrons. The molecule has 20 heavy (non-hydrogen) atoms. The van der Waals surface area contributed by atoms with Gasteiger partial charge in [0.1, 0.15) is 5.75 Å². The number of nitro groups is 1. The lowest BCUT2D eigenvalue weighted by molar-refractivity contribution is -0.384. The van der Waals surface area contributed by atoms with Gasteiger partial charge in [0, 0.05) is 29.2 Å². The summed E-state index contributed by atoms with van der Waals surface area (Å²) in [6.45, 7) is 3.66. The first-order chi connectivity index (χ1) is 9.45. The molecule has 0 fully saturated rings. The van der Waals surface area contributed by atoms with Crippen molar-refractivity contribution in [3.8, 4) is 5.75 Å². The zero-order chi connectivity index (χ0) is 14.7. The van der Waals surface area contributed by atoms with Crippen molar-refractivity contribution in [2.75, 3.05) is 0 Å². The van der Waals surface area contributed by atoms with E-state index in [-0.39, 0.29) is 17.4 Å². The first-order valence-electron chi connectivity index (χ1n) is 5.79. The SMILES string of the molecule is Cc1cc(C)nc(N=Cc2ccc([N+](=O)[O-])cc2O)n1. The van der Waals surface area contributed by atoms with Crippen LogP contribution in [-0.2, 0) is 0 Å². The third-order valence-corrected chi connectivity index (χ3v) is 2.51. The molecule has 0 atom stereocenters. The quantitative estimate of drug-likeness (QED) is 0.525. The van der Waals surface area contributed by atoms with Crippen molar-refractivity contribution in [2.24, 2.45) is 4.99 Å². The third kappa shape index (κ3) is 3.14. The maximum Gasteiger partial charge on any atom is 0.273 e. The van der Waals surface area contributed by atoms with Crippen LogP contribution in [0.3, 0.4) is 0 Å². The Kier molecular flexibility index (Phi) is 3.69. The highest BCUT2D eigenvalue weighted by Crippen LogP contribution is 2.22. The second-order valence-corrected chi connectivity index (χ2v) is 4.21. The van der Waals surface area contributed by atoms with Gasteiger partial charge in [0.25, 0.3) is 5.69 Å². The van der Waals surface area contributed by atoms with Crippen molar-refractivity contribution >= 4 is 17.9 Å². The molecule has 0 amide bonds. The van der Waals surface area contributed by atoms with E-state index in [0.29, 0.717) is 5.56 Å². The summed E-state index contributed by atoms with van der Waals surface area (Å²) in [6.07, 6.45) is 1.37. The number of nitro benzene ring substituents is 1. The highest BCUT2D eigenvalue weighted by Gasteiger charge is 2.08. The predicted octanol–water partition coefficient (Wildman–Crippen LogP) is 2.46. The van der Waals surface area contributed by atoms with Crippen molar-refractivity contribution < 1.29 is 10.0 Å². The molecule has 1 heterocycles. The average Bonchev–Trinajstić information content (AvgIpc) is 2.36. The highest BCUT2D eigenvalue weighted by molar-refractivity contribution is 5.85. The fourth-order valence-electron chi connectivity index (χ4n) is 1.65. The number of aromatic hydroxyl groups is 1. The summed E-state index contributed by atoms with van der Waals surface area (Å²) >= 11 is 0. The van der Waals surface area contributed by atoms with Crippen LogP contribution in [0.1, 0.15) is 17.0 Å². The molecule has 2 rings (SSSR count). The van der Waals surface area contributed by atoms with Crippen molar-refractivity contribution in [3.05, 3.63) is 51.3 Å². The summed E-state index contributed by atoms with van der Waals surface area (Å²) in [5.41, 5.74) is 1.76. The maximum atomic E-state index is 10.6. The van der Waals surface area contributed by atoms with E-state index < -0.39 is 4.92 Å². The largest absolute Gasteiger partial charge is 0.507 e.